The van der Waals surface area contributed by atoms with Gasteiger partial charge in [-0.1, -0.05) is 13.8 Å². The number of Topliss-reactive ketones (excluding diaryl/α,β-unsaturated/α-hetero) is 1. The van der Waals surface area contributed by atoms with Gasteiger partial charge in [-0.2, -0.15) is 0 Å². The molecule has 0 atom stereocenters. The van der Waals surface area contributed by atoms with Crippen LogP contribution in [0.3, 0.4) is 0 Å². The number of hydrogen-bond donors (Lipinski definition) is 1. The lowest BCUT2D eigenvalue weighted by Gasteiger charge is -2.31. The number of anilines is 2. The summed E-state index contributed by atoms with van der Waals surface area (Å²) >= 11 is 0. The van der Waals surface area contributed by atoms with Gasteiger partial charge in [0.1, 0.15) is 11.6 Å². The normalized spacial score (nSPS) is 16.1. The molecule has 1 aromatic heterocycles. The molecule has 0 saturated carbocycles. The third-order valence-corrected chi connectivity index (χ3v) is 3.93. The lowest BCUT2D eigenvalue weighted by molar-refractivity contribution is -0.121. The summed E-state index contributed by atoms with van der Waals surface area (Å²) in [6.07, 6.45) is 3.47. The van der Waals surface area contributed by atoms with Crippen molar-refractivity contribution in [1.29, 1.82) is 0 Å². The highest BCUT2D eigenvalue weighted by Crippen LogP contribution is 2.23. The molecular weight excluding hydrogens is 266 g/mol. The number of nitrogens with zero attached hydrogens (tertiary/aromatic N) is 2. The fourth-order valence-electron chi connectivity index (χ4n) is 2.45. The van der Waals surface area contributed by atoms with E-state index >= 15 is 0 Å². The molecule has 21 heavy (non-hydrogen) atoms. The van der Waals surface area contributed by atoms with E-state index in [9.17, 15) is 9.59 Å². The summed E-state index contributed by atoms with van der Waals surface area (Å²) in [7, 11) is 0. The van der Waals surface area contributed by atoms with E-state index in [4.69, 9.17) is 0 Å². The molecule has 2 rings (SSSR count). The van der Waals surface area contributed by atoms with Crippen molar-refractivity contribution in [2.45, 2.75) is 33.6 Å². The second-order valence-electron chi connectivity index (χ2n) is 5.92. The topological polar surface area (TPSA) is 62.3 Å². The molecule has 5 nitrogen and oxygen atoms in total. The number of amides is 1. The summed E-state index contributed by atoms with van der Waals surface area (Å²) in [5.41, 5.74) is 0.719. The summed E-state index contributed by atoms with van der Waals surface area (Å²) < 4.78 is 0. The number of aromatic nitrogens is 1. The first-order valence-corrected chi connectivity index (χ1v) is 7.49. The van der Waals surface area contributed by atoms with Crippen molar-refractivity contribution in [3.8, 4) is 0 Å². The molecule has 2 heterocycles. The Morgan fingerprint density at radius 1 is 1.29 bits per heavy atom. The van der Waals surface area contributed by atoms with Gasteiger partial charge in [0.2, 0.25) is 5.91 Å². The third-order valence-electron chi connectivity index (χ3n) is 3.93. The second-order valence-corrected chi connectivity index (χ2v) is 5.92. The lowest BCUT2D eigenvalue weighted by atomic mass is 9.93. The fraction of sp³-hybridized carbons (Fsp3) is 0.562. The average Bonchev–Trinajstić information content (AvgIpc) is 2.48. The number of hydrogen-bond acceptors (Lipinski definition) is 4. The van der Waals surface area contributed by atoms with Gasteiger partial charge in [0.15, 0.2) is 0 Å². The van der Waals surface area contributed by atoms with Crippen LogP contribution < -0.4 is 10.2 Å². The summed E-state index contributed by atoms with van der Waals surface area (Å²) in [5.74, 6) is 1.34. The standard InChI is InChI=1S/C16H23N3O2/c1-11(2)16(21)18-14-4-5-15(17-10-14)19-8-6-13(7-9-19)12(3)20/h4-5,10-11,13H,6-9H2,1-3H3,(H,18,21). The summed E-state index contributed by atoms with van der Waals surface area (Å²) in [6.45, 7) is 7.10. The van der Waals surface area contributed by atoms with Crippen LogP contribution in [-0.4, -0.2) is 29.8 Å². The number of nitrogens with one attached hydrogen (secondary N) is 1. The summed E-state index contributed by atoms with van der Waals surface area (Å²) in [5, 5.41) is 2.83. The zero-order valence-electron chi connectivity index (χ0n) is 12.9. The monoisotopic (exact) mass is 289 g/mol. The highest BCUT2D eigenvalue weighted by Gasteiger charge is 2.22. The summed E-state index contributed by atoms with van der Waals surface area (Å²) in [6, 6.07) is 3.80. The Labute approximate surface area is 125 Å². The Morgan fingerprint density at radius 3 is 2.43 bits per heavy atom. The van der Waals surface area contributed by atoms with E-state index < -0.39 is 0 Å². The second kappa shape index (κ2) is 6.70. The number of piperidine rings is 1. The molecule has 114 valence electrons. The van der Waals surface area contributed by atoms with Crippen LogP contribution >= 0.6 is 0 Å². The first-order chi connectivity index (χ1) is 9.97. The Balaban J connectivity index is 1.94. The molecule has 0 unspecified atom stereocenters. The van der Waals surface area contributed by atoms with Crippen LogP contribution in [0.2, 0.25) is 0 Å². The predicted molar refractivity (Wildman–Crippen MR) is 83.3 cm³/mol. The highest BCUT2D eigenvalue weighted by atomic mass is 16.1. The smallest absolute Gasteiger partial charge is 0.226 e. The van der Waals surface area contributed by atoms with Crippen LogP contribution in [0.4, 0.5) is 11.5 Å². The first-order valence-electron chi connectivity index (χ1n) is 7.49. The quantitative estimate of drug-likeness (QED) is 0.925. The van der Waals surface area contributed by atoms with Gasteiger partial charge in [-0.25, -0.2) is 4.98 Å². The molecule has 0 aromatic carbocycles. The largest absolute Gasteiger partial charge is 0.357 e. The molecule has 0 bridgehead atoms. The van der Waals surface area contributed by atoms with E-state index in [-0.39, 0.29) is 23.5 Å². The van der Waals surface area contributed by atoms with Crippen molar-refractivity contribution in [2.24, 2.45) is 11.8 Å². The molecule has 0 spiro atoms. The Hall–Kier alpha value is -1.91. The van der Waals surface area contributed by atoms with Gasteiger partial charge in [-0.05, 0) is 31.9 Å². The van der Waals surface area contributed by atoms with Gasteiger partial charge in [0.05, 0.1) is 11.9 Å². The first kappa shape index (κ1) is 15.5. The number of rotatable bonds is 4. The molecule has 0 aliphatic carbocycles. The Kier molecular flexibility index (Phi) is 4.94. The van der Waals surface area contributed by atoms with E-state index in [1.54, 1.807) is 13.1 Å². The molecule has 1 aliphatic heterocycles. The Morgan fingerprint density at radius 2 is 1.95 bits per heavy atom. The molecule has 1 aromatic rings. The van der Waals surface area contributed by atoms with E-state index in [2.05, 4.69) is 15.2 Å². The third kappa shape index (κ3) is 4.03. The van der Waals surface area contributed by atoms with Crippen LogP contribution in [0.25, 0.3) is 0 Å². The molecule has 1 saturated heterocycles. The van der Waals surface area contributed by atoms with Crippen molar-refractivity contribution in [2.75, 3.05) is 23.3 Å². The maximum atomic E-state index is 11.6. The lowest BCUT2D eigenvalue weighted by Crippen LogP contribution is -2.36. The van der Waals surface area contributed by atoms with E-state index in [0.29, 0.717) is 0 Å². The van der Waals surface area contributed by atoms with Gasteiger partial charge in [0.25, 0.3) is 0 Å². The minimum absolute atomic E-state index is 0.00757. The van der Waals surface area contributed by atoms with Crippen molar-refractivity contribution in [3.05, 3.63) is 18.3 Å². The average molecular weight is 289 g/mol. The molecule has 1 amide bonds. The van der Waals surface area contributed by atoms with E-state index in [0.717, 1.165) is 37.4 Å². The maximum absolute atomic E-state index is 11.6. The fourth-order valence-corrected chi connectivity index (χ4v) is 2.45. The van der Waals surface area contributed by atoms with Gasteiger partial charge in [-0.3, -0.25) is 9.59 Å². The molecule has 1 N–H and O–H groups in total. The minimum atomic E-state index is -0.0460. The van der Waals surface area contributed by atoms with Crippen LogP contribution in [0.5, 0.6) is 0 Å². The SMILES string of the molecule is CC(=O)C1CCN(c2ccc(NC(=O)C(C)C)cn2)CC1. The van der Waals surface area contributed by atoms with Crippen molar-refractivity contribution in [1.82, 2.24) is 4.98 Å². The van der Waals surface area contributed by atoms with Crippen LogP contribution in [0.15, 0.2) is 18.3 Å². The minimum Gasteiger partial charge on any atom is -0.357 e. The molecular formula is C16H23N3O2. The van der Waals surface area contributed by atoms with Gasteiger partial charge in [0, 0.05) is 24.9 Å². The van der Waals surface area contributed by atoms with Crippen molar-refractivity contribution >= 4 is 23.2 Å². The zero-order valence-corrected chi connectivity index (χ0v) is 12.9. The van der Waals surface area contributed by atoms with Crippen LogP contribution in [0, 0.1) is 11.8 Å². The van der Waals surface area contributed by atoms with E-state index in [1.807, 2.05) is 26.0 Å². The molecule has 1 fully saturated rings. The van der Waals surface area contributed by atoms with Crippen LogP contribution in [-0.2, 0) is 9.59 Å². The molecule has 1 aliphatic rings. The predicted octanol–water partition coefficient (Wildman–Crippen LogP) is 2.48. The zero-order chi connectivity index (χ0) is 15.4. The number of pyridine rings is 1. The van der Waals surface area contributed by atoms with Gasteiger partial charge in [-0.15, -0.1) is 0 Å². The van der Waals surface area contributed by atoms with Crippen molar-refractivity contribution in [3.63, 3.8) is 0 Å². The number of carbonyl (C=O) groups is 2. The summed E-state index contributed by atoms with van der Waals surface area (Å²) in [4.78, 5) is 29.6. The van der Waals surface area contributed by atoms with Crippen molar-refractivity contribution < 1.29 is 9.59 Å². The van der Waals surface area contributed by atoms with Crippen LogP contribution in [0.1, 0.15) is 33.6 Å². The molecule has 0 radical (unpaired) electrons. The molecule has 5 heteroatoms. The number of ketones is 1. The Bertz CT molecular complexity index is 503. The maximum Gasteiger partial charge on any atom is 0.226 e. The van der Waals surface area contributed by atoms with Gasteiger partial charge < -0.3 is 10.2 Å². The highest BCUT2D eigenvalue weighted by molar-refractivity contribution is 5.91. The van der Waals surface area contributed by atoms with Gasteiger partial charge >= 0.3 is 0 Å². The number of carbonyl (C=O) groups excluding carboxylic acids is 2. The van der Waals surface area contributed by atoms with E-state index in [1.165, 1.54) is 0 Å².